The molecule has 0 aromatic carbocycles. The summed E-state index contributed by atoms with van der Waals surface area (Å²) < 4.78 is 11.0. The van der Waals surface area contributed by atoms with Gasteiger partial charge in [0.25, 0.3) is 5.91 Å². The number of carbonyl (C=O) groups excluding carboxylic acids is 2. The Hall–Kier alpha value is -1.44. The Morgan fingerprint density at radius 2 is 1.74 bits per heavy atom. The van der Waals surface area contributed by atoms with Crippen LogP contribution >= 0.6 is 11.3 Å². The summed E-state index contributed by atoms with van der Waals surface area (Å²) in [5.41, 5.74) is 1.76. The Kier molecular flexibility index (Phi) is 6.10. The summed E-state index contributed by atoms with van der Waals surface area (Å²) in [4.78, 5) is 29.1. The number of anilines is 1. The second kappa shape index (κ2) is 8.71. The van der Waals surface area contributed by atoms with E-state index in [4.69, 9.17) is 9.47 Å². The van der Waals surface area contributed by atoms with E-state index in [1.807, 2.05) is 4.90 Å². The van der Waals surface area contributed by atoms with Crippen LogP contribution in [0, 0.1) is 5.92 Å². The number of carbonyl (C=O) groups is 2. The van der Waals surface area contributed by atoms with Gasteiger partial charge in [0.15, 0.2) is 0 Å². The van der Waals surface area contributed by atoms with E-state index < -0.39 is 0 Å². The summed E-state index contributed by atoms with van der Waals surface area (Å²) in [5, 5.41) is 3.85. The topological polar surface area (TPSA) is 67.9 Å². The zero-order valence-corrected chi connectivity index (χ0v) is 16.6. The van der Waals surface area contributed by atoms with Crippen LogP contribution in [0.1, 0.15) is 59.3 Å². The van der Waals surface area contributed by atoms with E-state index in [2.05, 4.69) is 5.32 Å². The van der Waals surface area contributed by atoms with Crippen LogP contribution in [-0.4, -0.2) is 49.6 Å². The lowest BCUT2D eigenvalue weighted by Crippen LogP contribution is -2.41. The normalized spacial score (nSPS) is 21.4. The van der Waals surface area contributed by atoms with Crippen molar-refractivity contribution in [3.05, 3.63) is 16.0 Å². The fourth-order valence-electron chi connectivity index (χ4n) is 4.23. The minimum atomic E-state index is 0.0221. The molecule has 3 heterocycles. The average Bonchev–Trinajstić information content (AvgIpc) is 2.87. The number of thiophene rings is 1. The molecule has 3 aliphatic rings. The zero-order chi connectivity index (χ0) is 18.6. The van der Waals surface area contributed by atoms with Gasteiger partial charge in [-0.05, 0) is 24.8 Å². The van der Waals surface area contributed by atoms with Crippen LogP contribution in [0.25, 0.3) is 0 Å². The lowest BCUT2D eigenvalue weighted by molar-refractivity contribution is -0.120. The van der Waals surface area contributed by atoms with Gasteiger partial charge >= 0.3 is 0 Å². The quantitative estimate of drug-likeness (QED) is 0.802. The van der Waals surface area contributed by atoms with E-state index >= 15 is 0 Å². The van der Waals surface area contributed by atoms with Gasteiger partial charge in [-0.15, -0.1) is 11.3 Å². The van der Waals surface area contributed by atoms with Gasteiger partial charge in [-0.2, -0.15) is 0 Å². The molecule has 0 unspecified atom stereocenters. The van der Waals surface area contributed by atoms with Gasteiger partial charge in [0.1, 0.15) is 5.00 Å². The smallest absolute Gasteiger partial charge is 0.257 e. The minimum absolute atomic E-state index is 0.0221. The van der Waals surface area contributed by atoms with Crippen molar-refractivity contribution in [2.24, 2.45) is 5.92 Å². The first-order valence-corrected chi connectivity index (χ1v) is 11.0. The van der Waals surface area contributed by atoms with Crippen LogP contribution in [0.2, 0.25) is 0 Å². The molecule has 0 radical (unpaired) electrons. The molecule has 1 saturated heterocycles. The Bertz CT molecular complexity index is 688. The number of nitrogens with zero attached hydrogens (tertiary/aromatic N) is 1. The summed E-state index contributed by atoms with van der Waals surface area (Å²) >= 11 is 1.52. The number of nitrogens with one attached hydrogen (secondary N) is 1. The molecule has 1 aliphatic carbocycles. The molecule has 148 valence electrons. The predicted octanol–water partition coefficient (Wildman–Crippen LogP) is 3.20. The van der Waals surface area contributed by atoms with Gasteiger partial charge in [0.2, 0.25) is 5.91 Å². The van der Waals surface area contributed by atoms with E-state index in [1.54, 1.807) is 0 Å². The first kappa shape index (κ1) is 18.9. The van der Waals surface area contributed by atoms with E-state index in [0.29, 0.717) is 45.1 Å². The van der Waals surface area contributed by atoms with Crippen LogP contribution in [-0.2, 0) is 27.3 Å². The fraction of sp³-hybridized carbons (Fsp3) is 0.700. The Morgan fingerprint density at radius 3 is 2.48 bits per heavy atom. The molecule has 0 atom stereocenters. The van der Waals surface area contributed by atoms with E-state index in [9.17, 15) is 9.59 Å². The third-order valence-electron chi connectivity index (χ3n) is 5.80. The summed E-state index contributed by atoms with van der Waals surface area (Å²) in [6.45, 7) is 3.52. The number of rotatable bonds is 3. The minimum Gasteiger partial charge on any atom is -0.378 e. The first-order chi connectivity index (χ1) is 13.2. The molecule has 4 rings (SSSR count). The molecule has 1 N–H and O–H groups in total. The van der Waals surface area contributed by atoms with Gasteiger partial charge in [-0.25, -0.2) is 0 Å². The third kappa shape index (κ3) is 4.20. The van der Waals surface area contributed by atoms with Gasteiger partial charge in [0, 0.05) is 23.9 Å². The van der Waals surface area contributed by atoms with Gasteiger partial charge < -0.3 is 19.7 Å². The molecule has 1 saturated carbocycles. The second-order valence-electron chi connectivity index (χ2n) is 7.59. The molecular weight excluding hydrogens is 364 g/mol. The average molecular weight is 393 g/mol. The van der Waals surface area contributed by atoms with E-state index in [-0.39, 0.29) is 17.7 Å². The number of ether oxygens (including phenoxy) is 2. The van der Waals surface area contributed by atoms with E-state index in [1.165, 1.54) is 24.2 Å². The molecule has 6 nitrogen and oxygen atoms in total. The highest BCUT2D eigenvalue weighted by atomic mass is 32.1. The van der Waals surface area contributed by atoms with Crippen LogP contribution < -0.4 is 5.32 Å². The van der Waals surface area contributed by atoms with Crippen LogP contribution in [0.5, 0.6) is 0 Å². The van der Waals surface area contributed by atoms with Crippen molar-refractivity contribution in [1.29, 1.82) is 0 Å². The number of amides is 2. The molecule has 2 fully saturated rings. The summed E-state index contributed by atoms with van der Waals surface area (Å²) in [6.07, 6.45) is 7.30. The fourth-order valence-corrected chi connectivity index (χ4v) is 5.41. The Balaban J connectivity index is 1.58. The Morgan fingerprint density at radius 1 is 1.00 bits per heavy atom. The molecule has 0 bridgehead atoms. The molecule has 0 spiro atoms. The first-order valence-electron chi connectivity index (χ1n) is 10.1. The van der Waals surface area contributed by atoms with Gasteiger partial charge in [-0.1, -0.05) is 25.7 Å². The largest absolute Gasteiger partial charge is 0.378 e. The molecular formula is C20H28N2O4S. The number of hydrogen-bond donors (Lipinski definition) is 1. The maximum absolute atomic E-state index is 13.3. The number of morpholine rings is 1. The molecule has 7 heteroatoms. The van der Waals surface area contributed by atoms with Gasteiger partial charge in [-0.3, -0.25) is 9.59 Å². The monoisotopic (exact) mass is 392 g/mol. The van der Waals surface area contributed by atoms with Crippen molar-refractivity contribution >= 4 is 28.2 Å². The van der Waals surface area contributed by atoms with Crippen molar-refractivity contribution in [2.45, 2.75) is 51.6 Å². The van der Waals surface area contributed by atoms with Crippen molar-refractivity contribution in [3.63, 3.8) is 0 Å². The standard InChI is InChI=1S/C20H28N2O4S/c23-18(14-5-3-1-2-4-6-14)21-19-17(15-7-10-26-13-16(15)27-19)20(24)22-8-11-25-12-9-22/h14H,1-13H2,(H,21,23). The van der Waals surface area contributed by atoms with E-state index in [0.717, 1.165) is 47.5 Å². The SMILES string of the molecule is O=C(Nc1sc2c(c1C(=O)N1CCOCC1)CCOC2)C1CCCCCC1. The molecule has 2 amide bonds. The van der Waals surface area contributed by atoms with Crippen LogP contribution in [0.15, 0.2) is 0 Å². The predicted molar refractivity (Wildman–Crippen MR) is 104 cm³/mol. The van der Waals surface area contributed by atoms with Crippen molar-refractivity contribution in [2.75, 3.05) is 38.2 Å². The van der Waals surface area contributed by atoms with Gasteiger partial charge in [0.05, 0.1) is 32.0 Å². The molecule has 1 aromatic heterocycles. The lowest BCUT2D eigenvalue weighted by Gasteiger charge is -2.28. The lowest BCUT2D eigenvalue weighted by atomic mass is 9.99. The van der Waals surface area contributed by atoms with Crippen LogP contribution in [0.4, 0.5) is 5.00 Å². The molecule has 2 aliphatic heterocycles. The highest BCUT2D eigenvalue weighted by molar-refractivity contribution is 7.17. The second-order valence-corrected chi connectivity index (χ2v) is 8.70. The zero-order valence-electron chi connectivity index (χ0n) is 15.8. The maximum atomic E-state index is 13.3. The Labute approximate surface area is 164 Å². The third-order valence-corrected chi connectivity index (χ3v) is 6.92. The van der Waals surface area contributed by atoms with Crippen molar-refractivity contribution < 1.29 is 19.1 Å². The highest BCUT2D eigenvalue weighted by Crippen LogP contribution is 2.38. The summed E-state index contributed by atoms with van der Waals surface area (Å²) in [7, 11) is 0. The van der Waals surface area contributed by atoms with Crippen molar-refractivity contribution in [3.8, 4) is 0 Å². The highest BCUT2D eigenvalue weighted by Gasteiger charge is 2.31. The molecule has 27 heavy (non-hydrogen) atoms. The van der Waals surface area contributed by atoms with Crippen LogP contribution in [0.3, 0.4) is 0 Å². The van der Waals surface area contributed by atoms with Crippen molar-refractivity contribution in [1.82, 2.24) is 4.90 Å². The number of fused-ring (bicyclic) bond motifs is 1. The number of hydrogen-bond acceptors (Lipinski definition) is 5. The summed E-state index contributed by atoms with van der Waals surface area (Å²) in [6, 6.07) is 0. The summed E-state index contributed by atoms with van der Waals surface area (Å²) in [5.74, 6) is 0.163. The maximum Gasteiger partial charge on any atom is 0.257 e. The molecule has 1 aromatic rings.